The predicted molar refractivity (Wildman–Crippen MR) is 54.2 cm³/mol. The predicted octanol–water partition coefficient (Wildman–Crippen LogP) is 1.21. The second-order valence-electron chi connectivity index (χ2n) is 2.92. The van der Waals surface area contributed by atoms with Crippen molar-refractivity contribution in [2.45, 2.75) is 0 Å². The van der Waals surface area contributed by atoms with E-state index in [1.165, 1.54) is 11.6 Å². The molecule has 78 valence electrons. The Morgan fingerprint density at radius 1 is 1.67 bits per heavy atom. The van der Waals surface area contributed by atoms with Crippen molar-refractivity contribution < 1.29 is 9.53 Å². The van der Waals surface area contributed by atoms with Gasteiger partial charge in [0.2, 0.25) is 11.1 Å². The first kappa shape index (κ1) is 10.1. The molecule has 0 aromatic carbocycles. The van der Waals surface area contributed by atoms with Crippen LogP contribution in [-0.2, 0) is 4.74 Å². The third kappa shape index (κ3) is 1.84. The molecular formula is C9H8ClN3O2. The summed E-state index contributed by atoms with van der Waals surface area (Å²) < 4.78 is 6.27. The Morgan fingerprint density at radius 3 is 3.20 bits per heavy atom. The third-order valence-electron chi connectivity index (χ3n) is 1.90. The van der Waals surface area contributed by atoms with E-state index in [1.54, 1.807) is 18.3 Å². The van der Waals surface area contributed by atoms with E-state index >= 15 is 0 Å². The number of rotatable bonds is 3. The summed E-state index contributed by atoms with van der Waals surface area (Å²) in [6.07, 6.45) is 1.70. The van der Waals surface area contributed by atoms with Gasteiger partial charge in [-0.1, -0.05) is 0 Å². The Bertz CT molecular complexity index is 509. The minimum atomic E-state index is -0.217. The number of hydrogen-bond donors (Lipinski definition) is 0. The van der Waals surface area contributed by atoms with Gasteiger partial charge >= 0.3 is 0 Å². The maximum absolute atomic E-state index is 11.6. The molecule has 0 atom stereocenters. The van der Waals surface area contributed by atoms with Gasteiger partial charge in [0.05, 0.1) is 5.52 Å². The van der Waals surface area contributed by atoms with Gasteiger partial charge in [0.1, 0.15) is 12.3 Å². The van der Waals surface area contributed by atoms with E-state index in [1.807, 2.05) is 0 Å². The van der Waals surface area contributed by atoms with Crippen LogP contribution in [0.2, 0.25) is 5.28 Å². The lowest BCUT2D eigenvalue weighted by Crippen LogP contribution is -2.12. The molecule has 2 aromatic rings. The Labute approximate surface area is 90.6 Å². The fourth-order valence-electron chi connectivity index (χ4n) is 1.31. The Hall–Kier alpha value is -1.46. The molecule has 0 N–H and O–H groups in total. The Morgan fingerprint density at radius 2 is 2.47 bits per heavy atom. The van der Waals surface area contributed by atoms with Gasteiger partial charge in [-0.25, -0.2) is 9.50 Å². The van der Waals surface area contributed by atoms with Crippen LogP contribution in [0, 0.1) is 0 Å². The topological polar surface area (TPSA) is 56.5 Å². The Balaban J connectivity index is 2.57. The van der Waals surface area contributed by atoms with Crippen LogP contribution in [0.15, 0.2) is 18.3 Å². The van der Waals surface area contributed by atoms with Crippen molar-refractivity contribution in [2.24, 2.45) is 0 Å². The summed E-state index contributed by atoms with van der Waals surface area (Å²) in [4.78, 5) is 15.5. The van der Waals surface area contributed by atoms with E-state index in [4.69, 9.17) is 16.3 Å². The second kappa shape index (κ2) is 3.96. The second-order valence-corrected chi connectivity index (χ2v) is 3.26. The maximum atomic E-state index is 11.6. The lowest BCUT2D eigenvalue weighted by Gasteiger charge is -2.02. The number of carbonyl (C=O) groups excluding carboxylic acids is 1. The standard InChI is InChI=1S/C9H8ClN3O2/c1-15-5-7(14)8-6-3-2-4-13(6)12-9(10)11-8/h2-4H,5H2,1H3. The van der Waals surface area contributed by atoms with E-state index in [0.29, 0.717) is 5.52 Å². The molecular weight excluding hydrogens is 218 g/mol. The molecule has 0 radical (unpaired) electrons. The first-order chi connectivity index (χ1) is 7.22. The van der Waals surface area contributed by atoms with Gasteiger partial charge in [-0.15, -0.1) is 5.10 Å². The zero-order valence-electron chi connectivity index (χ0n) is 7.98. The number of aromatic nitrogens is 3. The molecule has 5 nitrogen and oxygen atoms in total. The number of Topliss-reactive ketones (excluding diaryl/α,β-unsaturated/α-hetero) is 1. The van der Waals surface area contributed by atoms with Crippen molar-refractivity contribution in [2.75, 3.05) is 13.7 Å². The van der Waals surface area contributed by atoms with Crippen molar-refractivity contribution in [1.29, 1.82) is 0 Å². The molecule has 0 amide bonds. The van der Waals surface area contributed by atoms with Crippen molar-refractivity contribution >= 4 is 22.9 Å². The summed E-state index contributed by atoms with van der Waals surface area (Å²) in [5.74, 6) is -0.217. The number of methoxy groups -OCH3 is 1. The summed E-state index contributed by atoms with van der Waals surface area (Å²) >= 11 is 5.69. The minimum absolute atomic E-state index is 0.0197. The Kier molecular flexibility index (Phi) is 2.66. The molecule has 0 fully saturated rings. The lowest BCUT2D eigenvalue weighted by atomic mass is 10.2. The van der Waals surface area contributed by atoms with Crippen LogP contribution in [0.4, 0.5) is 0 Å². The van der Waals surface area contributed by atoms with Crippen LogP contribution in [0.3, 0.4) is 0 Å². The number of nitrogens with zero attached hydrogens (tertiary/aromatic N) is 3. The molecule has 0 unspecified atom stereocenters. The summed E-state index contributed by atoms with van der Waals surface area (Å²) in [6, 6.07) is 3.52. The van der Waals surface area contributed by atoms with E-state index in [9.17, 15) is 4.79 Å². The minimum Gasteiger partial charge on any atom is -0.376 e. The summed E-state index contributed by atoms with van der Waals surface area (Å²) in [5, 5.41) is 3.96. The number of fused-ring (bicyclic) bond motifs is 1. The summed E-state index contributed by atoms with van der Waals surface area (Å²) in [6.45, 7) is -0.0197. The first-order valence-electron chi connectivity index (χ1n) is 4.25. The molecule has 15 heavy (non-hydrogen) atoms. The van der Waals surface area contributed by atoms with E-state index in [-0.39, 0.29) is 23.4 Å². The van der Waals surface area contributed by atoms with E-state index < -0.39 is 0 Å². The summed E-state index contributed by atoms with van der Waals surface area (Å²) in [5.41, 5.74) is 0.906. The number of halogens is 1. The number of ether oxygens (including phenoxy) is 1. The highest BCUT2D eigenvalue weighted by molar-refractivity contribution is 6.28. The molecule has 0 spiro atoms. The van der Waals surface area contributed by atoms with Gasteiger partial charge in [-0.2, -0.15) is 0 Å². The number of carbonyl (C=O) groups is 1. The first-order valence-corrected chi connectivity index (χ1v) is 4.63. The van der Waals surface area contributed by atoms with Gasteiger partial charge < -0.3 is 4.74 Å². The van der Waals surface area contributed by atoms with E-state index in [2.05, 4.69) is 10.1 Å². The zero-order valence-corrected chi connectivity index (χ0v) is 8.73. The van der Waals surface area contributed by atoms with Crippen LogP contribution in [0.5, 0.6) is 0 Å². The molecule has 0 bridgehead atoms. The highest BCUT2D eigenvalue weighted by atomic mass is 35.5. The highest BCUT2D eigenvalue weighted by Gasteiger charge is 2.13. The lowest BCUT2D eigenvalue weighted by molar-refractivity contribution is 0.0844. The number of ketones is 1. The van der Waals surface area contributed by atoms with Crippen LogP contribution in [0.1, 0.15) is 10.5 Å². The van der Waals surface area contributed by atoms with Crippen LogP contribution < -0.4 is 0 Å². The zero-order chi connectivity index (χ0) is 10.8. The van der Waals surface area contributed by atoms with Crippen molar-refractivity contribution in [3.63, 3.8) is 0 Å². The molecule has 0 saturated carbocycles. The van der Waals surface area contributed by atoms with Crippen molar-refractivity contribution in [3.8, 4) is 0 Å². The third-order valence-corrected chi connectivity index (χ3v) is 2.06. The highest BCUT2D eigenvalue weighted by Crippen LogP contribution is 2.11. The van der Waals surface area contributed by atoms with Gasteiger partial charge in [0.25, 0.3) is 0 Å². The van der Waals surface area contributed by atoms with Gasteiger partial charge in [0.15, 0.2) is 0 Å². The maximum Gasteiger partial charge on any atom is 0.241 e. The molecule has 2 aromatic heterocycles. The fraction of sp³-hybridized carbons (Fsp3) is 0.222. The van der Waals surface area contributed by atoms with Crippen LogP contribution in [0.25, 0.3) is 5.52 Å². The van der Waals surface area contributed by atoms with Gasteiger partial charge in [0, 0.05) is 13.3 Å². The van der Waals surface area contributed by atoms with Crippen LogP contribution >= 0.6 is 11.6 Å². The van der Waals surface area contributed by atoms with Crippen LogP contribution in [-0.4, -0.2) is 34.1 Å². The average molecular weight is 226 g/mol. The normalized spacial score (nSPS) is 10.8. The molecule has 2 heterocycles. The SMILES string of the molecule is COCC(=O)c1nc(Cl)nn2cccc12. The van der Waals surface area contributed by atoms with Crippen molar-refractivity contribution in [1.82, 2.24) is 14.6 Å². The summed E-state index contributed by atoms with van der Waals surface area (Å²) in [7, 11) is 1.45. The quantitative estimate of drug-likeness (QED) is 0.737. The fourth-order valence-corrected chi connectivity index (χ4v) is 1.48. The molecule has 0 saturated heterocycles. The number of hydrogen-bond acceptors (Lipinski definition) is 4. The molecule has 2 rings (SSSR count). The van der Waals surface area contributed by atoms with Gasteiger partial charge in [-0.05, 0) is 23.7 Å². The van der Waals surface area contributed by atoms with Crippen molar-refractivity contribution in [3.05, 3.63) is 29.3 Å². The molecule has 0 aliphatic rings. The monoisotopic (exact) mass is 225 g/mol. The molecule has 0 aliphatic heterocycles. The molecule has 0 aliphatic carbocycles. The van der Waals surface area contributed by atoms with E-state index in [0.717, 1.165) is 0 Å². The largest absolute Gasteiger partial charge is 0.376 e. The smallest absolute Gasteiger partial charge is 0.241 e. The molecule has 6 heteroatoms. The van der Waals surface area contributed by atoms with Gasteiger partial charge in [-0.3, -0.25) is 4.79 Å². The average Bonchev–Trinajstić information content (AvgIpc) is 2.64.